The van der Waals surface area contributed by atoms with Crippen LogP contribution in [0.25, 0.3) is 0 Å². The molecule has 1 fully saturated rings. The van der Waals surface area contributed by atoms with E-state index in [9.17, 15) is 12.8 Å². The summed E-state index contributed by atoms with van der Waals surface area (Å²) >= 11 is 5.75. The zero-order valence-corrected chi connectivity index (χ0v) is 16.7. The number of sulfonamides is 1. The molecule has 144 valence electrons. The molecule has 0 bridgehead atoms. The fourth-order valence-corrected chi connectivity index (χ4v) is 3.65. The van der Waals surface area contributed by atoms with Gasteiger partial charge in [0.15, 0.2) is 0 Å². The highest BCUT2D eigenvalue weighted by Gasteiger charge is 2.51. The molecule has 0 saturated carbocycles. The van der Waals surface area contributed by atoms with Crippen LogP contribution in [0, 0.1) is 5.82 Å². The molecular formula is C16H18BClFN3O4S. The lowest BCUT2D eigenvalue weighted by Crippen LogP contribution is -2.41. The zero-order chi connectivity index (χ0) is 20.0. The molecule has 1 aliphatic heterocycles. The predicted octanol–water partition coefficient (Wildman–Crippen LogP) is 2.37. The number of hydrogen-bond donors (Lipinski definition) is 1. The average molecular weight is 414 g/mol. The van der Waals surface area contributed by atoms with E-state index in [2.05, 4.69) is 14.7 Å². The van der Waals surface area contributed by atoms with E-state index in [-0.39, 0.29) is 11.0 Å². The summed E-state index contributed by atoms with van der Waals surface area (Å²) in [6.07, 6.45) is 2.78. The molecule has 0 radical (unpaired) electrons. The minimum absolute atomic E-state index is 0.0915. The number of nitrogens with zero attached hydrogens (tertiary/aromatic N) is 2. The SMILES string of the molecule is CC1(C)OB(c2cnc(NS(=O)(=O)c3cc(Cl)ccc3F)nc2)OC1(C)C. The fraction of sp³-hybridized carbons (Fsp3) is 0.375. The Hall–Kier alpha value is -1.75. The van der Waals surface area contributed by atoms with Crippen molar-refractivity contribution in [2.45, 2.75) is 43.8 Å². The van der Waals surface area contributed by atoms with Crippen molar-refractivity contribution in [2.24, 2.45) is 0 Å². The molecule has 11 heteroatoms. The summed E-state index contributed by atoms with van der Waals surface area (Å²) < 4.78 is 52.4. The monoisotopic (exact) mass is 413 g/mol. The predicted molar refractivity (Wildman–Crippen MR) is 100.0 cm³/mol. The van der Waals surface area contributed by atoms with E-state index in [1.807, 2.05) is 27.7 Å². The Morgan fingerprint density at radius 3 is 2.22 bits per heavy atom. The number of hydrogen-bond acceptors (Lipinski definition) is 6. The van der Waals surface area contributed by atoms with Gasteiger partial charge in [-0.15, -0.1) is 0 Å². The van der Waals surface area contributed by atoms with Crippen LogP contribution in [-0.2, 0) is 19.3 Å². The summed E-state index contributed by atoms with van der Waals surface area (Å²) in [5.41, 5.74) is -0.519. The third-order valence-electron chi connectivity index (χ3n) is 4.61. The van der Waals surface area contributed by atoms with Crippen molar-refractivity contribution in [3.63, 3.8) is 0 Å². The molecule has 1 N–H and O–H groups in total. The quantitative estimate of drug-likeness (QED) is 0.774. The van der Waals surface area contributed by atoms with Gasteiger partial charge in [-0.05, 0) is 45.9 Å². The molecule has 1 aromatic heterocycles. The fourth-order valence-electron chi connectivity index (χ4n) is 2.35. The second-order valence-electron chi connectivity index (χ2n) is 7.11. The largest absolute Gasteiger partial charge is 0.498 e. The Morgan fingerprint density at radius 2 is 1.67 bits per heavy atom. The number of benzene rings is 1. The third-order valence-corrected chi connectivity index (χ3v) is 6.18. The maximum atomic E-state index is 13.8. The Kier molecular flexibility index (Phi) is 4.96. The standard InChI is InChI=1S/C16H18BClFN3O4S/c1-15(2)16(3,4)26-17(25-15)10-8-20-14(21-9-10)22-27(23,24)13-7-11(18)5-6-12(13)19/h5-9H,1-4H3,(H,20,21,22). The van der Waals surface area contributed by atoms with Gasteiger partial charge < -0.3 is 9.31 Å². The average Bonchev–Trinajstić information content (AvgIpc) is 2.78. The molecule has 1 aliphatic rings. The molecule has 0 spiro atoms. The second-order valence-corrected chi connectivity index (χ2v) is 9.20. The third kappa shape index (κ3) is 3.93. The first kappa shape index (κ1) is 20.0. The molecule has 0 aliphatic carbocycles. The summed E-state index contributed by atoms with van der Waals surface area (Å²) in [4.78, 5) is 7.34. The minimum Gasteiger partial charge on any atom is -0.399 e. The van der Waals surface area contributed by atoms with Gasteiger partial charge in [0.05, 0.1) is 11.2 Å². The van der Waals surface area contributed by atoms with E-state index in [0.717, 1.165) is 12.1 Å². The van der Waals surface area contributed by atoms with Gasteiger partial charge in [-0.2, -0.15) is 0 Å². The maximum absolute atomic E-state index is 13.8. The van der Waals surface area contributed by atoms with Crippen LogP contribution in [0.3, 0.4) is 0 Å². The van der Waals surface area contributed by atoms with Gasteiger partial charge in [0.2, 0.25) is 5.95 Å². The molecule has 0 atom stereocenters. The van der Waals surface area contributed by atoms with Crippen LogP contribution in [0.15, 0.2) is 35.5 Å². The maximum Gasteiger partial charge on any atom is 0.498 e. The van der Waals surface area contributed by atoms with Crippen LogP contribution in [-0.4, -0.2) is 36.7 Å². The molecule has 3 rings (SSSR count). The van der Waals surface area contributed by atoms with Crippen molar-refractivity contribution < 1.29 is 22.1 Å². The molecule has 0 amide bonds. The summed E-state index contributed by atoms with van der Waals surface area (Å²) in [6, 6.07) is 3.24. The number of nitrogens with one attached hydrogen (secondary N) is 1. The summed E-state index contributed by atoms with van der Waals surface area (Å²) in [5, 5.41) is 0.0915. The van der Waals surface area contributed by atoms with Crippen LogP contribution >= 0.6 is 11.6 Å². The second kappa shape index (κ2) is 6.70. The van der Waals surface area contributed by atoms with Gasteiger partial charge in [0, 0.05) is 22.9 Å². The molecule has 1 saturated heterocycles. The van der Waals surface area contributed by atoms with Crippen LogP contribution in [0.5, 0.6) is 0 Å². The number of anilines is 1. The van der Waals surface area contributed by atoms with Gasteiger partial charge in [-0.25, -0.2) is 27.5 Å². The molecule has 1 aromatic carbocycles. The van der Waals surface area contributed by atoms with E-state index >= 15 is 0 Å². The van der Waals surface area contributed by atoms with E-state index < -0.39 is 39.1 Å². The topological polar surface area (TPSA) is 90.4 Å². The van der Waals surface area contributed by atoms with Gasteiger partial charge in [0.25, 0.3) is 10.0 Å². The smallest absolute Gasteiger partial charge is 0.399 e. The van der Waals surface area contributed by atoms with Crippen molar-refractivity contribution in [3.8, 4) is 0 Å². The van der Waals surface area contributed by atoms with Crippen LogP contribution in [0.1, 0.15) is 27.7 Å². The Balaban J connectivity index is 1.80. The highest BCUT2D eigenvalue weighted by molar-refractivity contribution is 7.92. The lowest BCUT2D eigenvalue weighted by Gasteiger charge is -2.32. The Bertz CT molecular complexity index is 954. The molecule has 0 unspecified atom stereocenters. The highest BCUT2D eigenvalue weighted by Crippen LogP contribution is 2.36. The number of halogens is 2. The van der Waals surface area contributed by atoms with Crippen molar-refractivity contribution in [1.29, 1.82) is 0 Å². The molecular weight excluding hydrogens is 396 g/mol. The van der Waals surface area contributed by atoms with Crippen molar-refractivity contribution in [1.82, 2.24) is 9.97 Å². The van der Waals surface area contributed by atoms with E-state index in [4.69, 9.17) is 20.9 Å². The lowest BCUT2D eigenvalue weighted by molar-refractivity contribution is 0.00578. The van der Waals surface area contributed by atoms with Gasteiger partial charge in [0.1, 0.15) is 10.7 Å². The first-order chi connectivity index (χ1) is 12.4. The number of rotatable bonds is 4. The Labute approximate surface area is 162 Å². The van der Waals surface area contributed by atoms with Gasteiger partial charge in [-0.3, -0.25) is 0 Å². The van der Waals surface area contributed by atoms with E-state index in [1.54, 1.807) is 0 Å². The lowest BCUT2D eigenvalue weighted by atomic mass is 9.81. The van der Waals surface area contributed by atoms with Crippen molar-refractivity contribution in [3.05, 3.63) is 41.4 Å². The van der Waals surface area contributed by atoms with Crippen LogP contribution < -0.4 is 10.2 Å². The first-order valence-corrected chi connectivity index (χ1v) is 9.93. The van der Waals surface area contributed by atoms with Gasteiger partial charge >= 0.3 is 7.12 Å². The van der Waals surface area contributed by atoms with E-state index in [0.29, 0.717) is 5.46 Å². The van der Waals surface area contributed by atoms with Gasteiger partial charge in [-0.1, -0.05) is 11.6 Å². The first-order valence-electron chi connectivity index (χ1n) is 8.07. The summed E-state index contributed by atoms with van der Waals surface area (Å²) in [6.45, 7) is 7.65. The minimum atomic E-state index is -4.23. The normalized spacial score (nSPS) is 18.5. The Morgan fingerprint density at radius 1 is 1.11 bits per heavy atom. The summed E-state index contributed by atoms with van der Waals surface area (Å²) in [7, 11) is -4.91. The van der Waals surface area contributed by atoms with Crippen molar-refractivity contribution in [2.75, 3.05) is 4.72 Å². The van der Waals surface area contributed by atoms with Crippen molar-refractivity contribution >= 4 is 40.2 Å². The molecule has 2 aromatic rings. The van der Waals surface area contributed by atoms with Crippen LogP contribution in [0.2, 0.25) is 5.02 Å². The zero-order valence-electron chi connectivity index (χ0n) is 15.2. The van der Waals surface area contributed by atoms with E-state index in [1.165, 1.54) is 18.5 Å². The number of aromatic nitrogens is 2. The molecule has 7 nitrogen and oxygen atoms in total. The highest BCUT2D eigenvalue weighted by atomic mass is 35.5. The van der Waals surface area contributed by atoms with Crippen LogP contribution in [0.4, 0.5) is 10.3 Å². The molecule has 2 heterocycles. The summed E-state index contributed by atoms with van der Waals surface area (Å²) in [5.74, 6) is -1.14. The molecule has 27 heavy (non-hydrogen) atoms.